The number of carbonyl (C=O) groups is 2. The van der Waals surface area contributed by atoms with Crippen LogP contribution in [0, 0.1) is 5.92 Å². The Morgan fingerprint density at radius 3 is 2.42 bits per heavy atom. The highest BCUT2D eigenvalue weighted by atomic mass is 32.1. The summed E-state index contributed by atoms with van der Waals surface area (Å²) in [5.74, 6) is 1.42. The number of ether oxygens (including phenoxy) is 3. The van der Waals surface area contributed by atoms with E-state index in [9.17, 15) is 9.59 Å². The van der Waals surface area contributed by atoms with Crippen LogP contribution in [0.25, 0.3) is 0 Å². The fraction of sp³-hybridized carbons (Fsp3) is 0.520. The number of methoxy groups -OCH3 is 3. The highest BCUT2D eigenvalue weighted by Gasteiger charge is 2.31. The van der Waals surface area contributed by atoms with Gasteiger partial charge in [0.2, 0.25) is 11.8 Å². The minimum Gasteiger partial charge on any atom is -0.493 e. The van der Waals surface area contributed by atoms with E-state index in [1.165, 1.54) is 0 Å². The van der Waals surface area contributed by atoms with E-state index in [0.717, 1.165) is 29.7 Å². The Labute approximate surface area is 200 Å². The Balaban J connectivity index is 1.70. The van der Waals surface area contributed by atoms with Crippen molar-refractivity contribution in [3.05, 3.63) is 46.2 Å². The summed E-state index contributed by atoms with van der Waals surface area (Å²) in [6, 6.07) is 9.83. The third-order valence-electron chi connectivity index (χ3n) is 6.06. The molecule has 0 saturated heterocycles. The zero-order valence-electron chi connectivity index (χ0n) is 19.7. The van der Waals surface area contributed by atoms with E-state index in [4.69, 9.17) is 14.2 Å². The van der Waals surface area contributed by atoms with E-state index < -0.39 is 0 Å². The first-order chi connectivity index (χ1) is 16.0. The molecule has 1 heterocycles. The largest absolute Gasteiger partial charge is 0.493 e. The van der Waals surface area contributed by atoms with Gasteiger partial charge >= 0.3 is 0 Å². The Kier molecular flexibility index (Phi) is 9.57. The average molecular weight is 475 g/mol. The van der Waals surface area contributed by atoms with Crippen LogP contribution < -0.4 is 9.47 Å². The van der Waals surface area contributed by atoms with Crippen molar-refractivity contribution in [2.75, 3.05) is 47.6 Å². The number of carbonyl (C=O) groups excluding carboxylic acids is 2. The standard InChI is InChI=1S/C25H34N2O5S/c1-30-14-13-27(25(29)20-6-4-7-20)18-24(28)26(17-21-8-5-15-33-21)12-11-19-9-10-22(31-2)23(16-19)32-3/h5,8-10,15-16,20H,4,6-7,11-14,17-18H2,1-3H3. The quantitative estimate of drug-likeness (QED) is 0.444. The van der Waals surface area contributed by atoms with Gasteiger partial charge in [0.25, 0.3) is 0 Å². The van der Waals surface area contributed by atoms with Gasteiger partial charge in [-0.3, -0.25) is 9.59 Å². The molecule has 0 aliphatic heterocycles. The topological polar surface area (TPSA) is 68.3 Å². The van der Waals surface area contributed by atoms with Crippen molar-refractivity contribution in [2.24, 2.45) is 5.92 Å². The lowest BCUT2D eigenvalue weighted by atomic mass is 9.84. The minimum absolute atomic E-state index is 0.0483. The summed E-state index contributed by atoms with van der Waals surface area (Å²) >= 11 is 1.63. The number of benzene rings is 1. The van der Waals surface area contributed by atoms with Gasteiger partial charge in [-0.1, -0.05) is 18.6 Å². The van der Waals surface area contributed by atoms with E-state index in [0.29, 0.717) is 44.2 Å². The van der Waals surface area contributed by atoms with Crippen LogP contribution in [0.2, 0.25) is 0 Å². The molecule has 0 bridgehead atoms. The van der Waals surface area contributed by atoms with Gasteiger partial charge in [-0.2, -0.15) is 0 Å². The van der Waals surface area contributed by atoms with Crippen molar-refractivity contribution in [1.29, 1.82) is 0 Å². The fourth-order valence-corrected chi connectivity index (χ4v) is 4.55. The third kappa shape index (κ3) is 6.95. The number of thiophene rings is 1. The number of hydrogen-bond donors (Lipinski definition) is 0. The molecule has 180 valence electrons. The molecule has 1 aromatic carbocycles. The minimum atomic E-state index is -0.0485. The van der Waals surface area contributed by atoms with Gasteiger partial charge in [-0.05, 0) is 48.4 Å². The summed E-state index contributed by atoms with van der Waals surface area (Å²) < 4.78 is 15.9. The van der Waals surface area contributed by atoms with Gasteiger partial charge in [0, 0.05) is 31.0 Å². The molecular weight excluding hydrogens is 440 g/mol. The zero-order chi connectivity index (χ0) is 23.6. The fourth-order valence-electron chi connectivity index (χ4n) is 3.83. The van der Waals surface area contributed by atoms with Gasteiger partial charge in [0.05, 0.1) is 33.9 Å². The monoisotopic (exact) mass is 474 g/mol. The van der Waals surface area contributed by atoms with Gasteiger partial charge in [-0.15, -0.1) is 11.3 Å². The van der Waals surface area contributed by atoms with Crippen LogP contribution in [0.5, 0.6) is 11.5 Å². The summed E-state index contributed by atoms with van der Waals surface area (Å²) in [4.78, 5) is 30.9. The lowest BCUT2D eigenvalue weighted by molar-refractivity contribution is -0.145. The molecule has 1 fully saturated rings. The van der Waals surface area contributed by atoms with Gasteiger partial charge in [-0.25, -0.2) is 0 Å². The summed E-state index contributed by atoms with van der Waals surface area (Å²) in [6.45, 7) is 2.00. The molecule has 8 heteroatoms. The molecule has 1 aliphatic carbocycles. The first-order valence-electron chi connectivity index (χ1n) is 11.3. The first-order valence-corrected chi connectivity index (χ1v) is 12.2. The smallest absolute Gasteiger partial charge is 0.242 e. The molecule has 7 nitrogen and oxygen atoms in total. The Hall–Kier alpha value is -2.58. The predicted octanol–water partition coefficient (Wildman–Crippen LogP) is 3.61. The summed E-state index contributed by atoms with van der Waals surface area (Å²) in [7, 11) is 4.83. The molecule has 0 unspecified atom stereocenters. The SMILES string of the molecule is COCCN(CC(=O)N(CCc1ccc(OC)c(OC)c1)Cc1cccs1)C(=O)C1CCC1. The molecule has 0 atom stereocenters. The van der Waals surface area contributed by atoms with Crippen molar-refractivity contribution < 1.29 is 23.8 Å². The summed E-state index contributed by atoms with van der Waals surface area (Å²) in [6.07, 6.45) is 3.58. The normalized spacial score (nSPS) is 13.3. The lowest BCUT2D eigenvalue weighted by Crippen LogP contribution is -2.47. The van der Waals surface area contributed by atoms with Gasteiger partial charge in [0.1, 0.15) is 0 Å². The number of amides is 2. The second-order valence-electron chi connectivity index (χ2n) is 8.21. The molecule has 33 heavy (non-hydrogen) atoms. The molecule has 2 amide bonds. The van der Waals surface area contributed by atoms with Crippen molar-refractivity contribution in [2.45, 2.75) is 32.2 Å². The van der Waals surface area contributed by atoms with Crippen LogP contribution >= 0.6 is 11.3 Å². The van der Waals surface area contributed by atoms with Gasteiger partial charge in [0.15, 0.2) is 11.5 Å². The maximum absolute atomic E-state index is 13.4. The van der Waals surface area contributed by atoms with Crippen molar-refractivity contribution in [1.82, 2.24) is 9.80 Å². The lowest BCUT2D eigenvalue weighted by Gasteiger charge is -2.33. The Morgan fingerprint density at radius 2 is 1.82 bits per heavy atom. The van der Waals surface area contributed by atoms with Crippen molar-refractivity contribution >= 4 is 23.2 Å². The second-order valence-corrected chi connectivity index (χ2v) is 9.25. The van der Waals surface area contributed by atoms with E-state index in [2.05, 4.69) is 0 Å². The first kappa shape index (κ1) is 25.1. The summed E-state index contributed by atoms with van der Waals surface area (Å²) in [5, 5.41) is 2.01. The van der Waals surface area contributed by atoms with Crippen molar-refractivity contribution in [3.63, 3.8) is 0 Å². The second kappa shape index (κ2) is 12.6. The Bertz CT molecular complexity index is 898. The number of rotatable bonds is 13. The maximum atomic E-state index is 13.4. The average Bonchev–Trinajstić information content (AvgIpc) is 3.30. The van der Waals surface area contributed by atoms with Gasteiger partial charge < -0.3 is 24.0 Å². The van der Waals surface area contributed by atoms with Crippen LogP contribution in [-0.4, -0.2) is 69.2 Å². The predicted molar refractivity (Wildman–Crippen MR) is 129 cm³/mol. The van der Waals surface area contributed by atoms with E-state index in [1.807, 2.05) is 40.6 Å². The molecule has 3 rings (SSSR count). The van der Waals surface area contributed by atoms with E-state index in [-0.39, 0.29) is 24.3 Å². The molecular formula is C25H34N2O5S. The Morgan fingerprint density at radius 1 is 1.03 bits per heavy atom. The highest BCUT2D eigenvalue weighted by molar-refractivity contribution is 7.09. The highest BCUT2D eigenvalue weighted by Crippen LogP contribution is 2.29. The van der Waals surface area contributed by atoms with Crippen LogP contribution in [-0.2, 0) is 27.3 Å². The number of hydrogen-bond acceptors (Lipinski definition) is 6. The molecule has 1 aromatic heterocycles. The zero-order valence-corrected chi connectivity index (χ0v) is 20.6. The van der Waals surface area contributed by atoms with Crippen LogP contribution in [0.15, 0.2) is 35.7 Å². The van der Waals surface area contributed by atoms with Crippen LogP contribution in [0.1, 0.15) is 29.7 Å². The molecule has 0 radical (unpaired) electrons. The van der Waals surface area contributed by atoms with E-state index >= 15 is 0 Å². The molecule has 1 saturated carbocycles. The number of nitrogens with zero attached hydrogens (tertiary/aromatic N) is 2. The third-order valence-corrected chi connectivity index (χ3v) is 6.92. The summed E-state index contributed by atoms with van der Waals surface area (Å²) in [5.41, 5.74) is 1.05. The van der Waals surface area contributed by atoms with Crippen LogP contribution in [0.4, 0.5) is 0 Å². The van der Waals surface area contributed by atoms with Crippen molar-refractivity contribution in [3.8, 4) is 11.5 Å². The maximum Gasteiger partial charge on any atom is 0.242 e. The van der Waals surface area contributed by atoms with Crippen LogP contribution in [0.3, 0.4) is 0 Å². The molecule has 2 aromatic rings. The molecule has 0 spiro atoms. The van der Waals surface area contributed by atoms with E-state index in [1.54, 1.807) is 37.6 Å². The molecule has 0 N–H and O–H groups in total. The molecule has 1 aliphatic rings.